The first-order valence-corrected chi connectivity index (χ1v) is 4.35. The maximum atomic E-state index is 11.1. The third kappa shape index (κ3) is 5.89. The topological polar surface area (TPSA) is 29.1 Å². The van der Waals surface area contributed by atoms with Crippen LogP contribution in [0.15, 0.2) is 0 Å². The normalized spacial score (nSPS) is 13.2. The van der Waals surface area contributed by atoms with Gasteiger partial charge in [0.15, 0.2) is 0 Å². The molecule has 0 rings (SSSR count). The van der Waals surface area contributed by atoms with Gasteiger partial charge in [-0.1, -0.05) is 20.3 Å². The Bertz CT molecular complexity index is 121. The molecule has 0 bridgehead atoms. The van der Waals surface area contributed by atoms with Crippen molar-refractivity contribution in [3.8, 4) is 0 Å². The molecule has 0 heterocycles. The van der Waals surface area contributed by atoms with Gasteiger partial charge in [0.2, 0.25) is 5.91 Å². The number of nitrogens with one attached hydrogen (secondary N) is 1. The highest BCUT2D eigenvalue weighted by Crippen LogP contribution is 2.05. The summed E-state index contributed by atoms with van der Waals surface area (Å²) < 4.78 is 0. The highest BCUT2D eigenvalue weighted by molar-refractivity contribution is 5.76. The van der Waals surface area contributed by atoms with Gasteiger partial charge in [0.05, 0.1) is 0 Å². The summed E-state index contributed by atoms with van der Waals surface area (Å²) in [5.41, 5.74) is 0. The minimum atomic E-state index is 0.175. The quantitative estimate of drug-likeness (QED) is 0.664. The van der Waals surface area contributed by atoms with Crippen LogP contribution in [0, 0.1) is 5.92 Å². The number of rotatable bonds is 4. The molecular formula is C9H19NO. The van der Waals surface area contributed by atoms with E-state index in [1.807, 2.05) is 13.8 Å². The second-order valence-corrected chi connectivity index (χ2v) is 3.44. The minimum absolute atomic E-state index is 0.175. The molecule has 1 amide bonds. The van der Waals surface area contributed by atoms with E-state index in [4.69, 9.17) is 0 Å². The van der Waals surface area contributed by atoms with Crippen molar-refractivity contribution < 1.29 is 4.79 Å². The van der Waals surface area contributed by atoms with Gasteiger partial charge < -0.3 is 5.32 Å². The van der Waals surface area contributed by atoms with Crippen LogP contribution in [0.3, 0.4) is 0 Å². The molecule has 0 fully saturated rings. The molecule has 1 unspecified atom stereocenters. The Labute approximate surface area is 69.4 Å². The second kappa shape index (κ2) is 5.16. The first-order valence-electron chi connectivity index (χ1n) is 4.35. The predicted molar refractivity (Wildman–Crippen MR) is 47.4 cm³/mol. The standard InChI is InChI=1S/C9H19NO/c1-5-8(4)6-9(11)10-7(2)3/h7-8H,5-6H2,1-4H3,(H,10,11). The van der Waals surface area contributed by atoms with E-state index in [9.17, 15) is 4.79 Å². The Morgan fingerprint density at radius 2 is 1.91 bits per heavy atom. The van der Waals surface area contributed by atoms with E-state index in [1.165, 1.54) is 0 Å². The largest absolute Gasteiger partial charge is 0.354 e. The molecule has 0 saturated carbocycles. The highest BCUT2D eigenvalue weighted by atomic mass is 16.1. The van der Waals surface area contributed by atoms with Crippen molar-refractivity contribution in [2.45, 2.75) is 46.6 Å². The van der Waals surface area contributed by atoms with Crippen molar-refractivity contribution >= 4 is 5.91 Å². The fourth-order valence-corrected chi connectivity index (χ4v) is 0.842. The molecular weight excluding hydrogens is 138 g/mol. The Morgan fingerprint density at radius 3 is 2.27 bits per heavy atom. The maximum absolute atomic E-state index is 11.1. The summed E-state index contributed by atoms with van der Waals surface area (Å²) >= 11 is 0. The van der Waals surface area contributed by atoms with Crippen molar-refractivity contribution in [2.75, 3.05) is 0 Å². The fraction of sp³-hybridized carbons (Fsp3) is 0.889. The Balaban J connectivity index is 3.52. The molecule has 0 aliphatic carbocycles. The van der Waals surface area contributed by atoms with Gasteiger partial charge in [-0.15, -0.1) is 0 Å². The molecule has 1 atom stereocenters. The van der Waals surface area contributed by atoms with E-state index in [1.54, 1.807) is 0 Å². The van der Waals surface area contributed by atoms with Gasteiger partial charge in [-0.2, -0.15) is 0 Å². The smallest absolute Gasteiger partial charge is 0.220 e. The highest BCUT2D eigenvalue weighted by Gasteiger charge is 2.07. The number of carbonyl (C=O) groups is 1. The van der Waals surface area contributed by atoms with Gasteiger partial charge in [-0.05, 0) is 19.8 Å². The lowest BCUT2D eigenvalue weighted by Gasteiger charge is -2.11. The van der Waals surface area contributed by atoms with Crippen LogP contribution in [-0.4, -0.2) is 11.9 Å². The van der Waals surface area contributed by atoms with Crippen LogP contribution in [0.4, 0.5) is 0 Å². The average Bonchev–Trinajstić information content (AvgIpc) is 1.85. The predicted octanol–water partition coefficient (Wildman–Crippen LogP) is 1.95. The minimum Gasteiger partial charge on any atom is -0.354 e. The molecule has 0 aromatic heterocycles. The van der Waals surface area contributed by atoms with Crippen molar-refractivity contribution in [2.24, 2.45) is 5.92 Å². The molecule has 66 valence electrons. The van der Waals surface area contributed by atoms with E-state index < -0.39 is 0 Å². The van der Waals surface area contributed by atoms with Gasteiger partial charge in [0, 0.05) is 12.5 Å². The molecule has 1 N–H and O–H groups in total. The SMILES string of the molecule is CCC(C)CC(=O)NC(C)C. The Hall–Kier alpha value is -0.530. The zero-order chi connectivity index (χ0) is 8.85. The fourth-order valence-electron chi connectivity index (χ4n) is 0.842. The Kier molecular flexibility index (Phi) is 4.92. The summed E-state index contributed by atoms with van der Waals surface area (Å²) in [6.07, 6.45) is 1.74. The molecule has 0 spiro atoms. The second-order valence-electron chi connectivity index (χ2n) is 3.44. The van der Waals surface area contributed by atoms with E-state index >= 15 is 0 Å². The molecule has 0 radical (unpaired) electrons. The summed E-state index contributed by atoms with van der Waals surface area (Å²) in [5.74, 6) is 0.683. The van der Waals surface area contributed by atoms with E-state index in [0.29, 0.717) is 12.3 Å². The third-order valence-corrected chi connectivity index (χ3v) is 1.68. The molecule has 0 saturated heterocycles. The monoisotopic (exact) mass is 157 g/mol. The lowest BCUT2D eigenvalue weighted by atomic mass is 10.1. The van der Waals surface area contributed by atoms with Gasteiger partial charge in [0.25, 0.3) is 0 Å². The van der Waals surface area contributed by atoms with Crippen LogP contribution < -0.4 is 5.32 Å². The molecule has 2 heteroatoms. The number of hydrogen-bond donors (Lipinski definition) is 1. The molecule has 0 aliphatic rings. The van der Waals surface area contributed by atoms with Gasteiger partial charge in [0.1, 0.15) is 0 Å². The van der Waals surface area contributed by atoms with Gasteiger partial charge in [-0.25, -0.2) is 0 Å². The lowest BCUT2D eigenvalue weighted by Crippen LogP contribution is -2.31. The van der Waals surface area contributed by atoms with Crippen molar-refractivity contribution in [3.05, 3.63) is 0 Å². The van der Waals surface area contributed by atoms with Crippen LogP contribution in [-0.2, 0) is 4.79 Å². The number of hydrogen-bond acceptors (Lipinski definition) is 1. The summed E-state index contributed by atoms with van der Waals surface area (Å²) in [5, 5.41) is 2.87. The lowest BCUT2D eigenvalue weighted by molar-refractivity contribution is -0.122. The molecule has 0 aromatic carbocycles. The van der Waals surface area contributed by atoms with Crippen LogP contribution in [0.2, 0.25) is 0 Å². The van der Waals surface area contributed by atoms with Crippen molar-refractivity contribution in [1.82, 2.24) is 5.32 Å². The van der Waals surface area contributed by atoms with E-state index in [-0.39, 0.29) is 11.9 Å². The molecule has 0 aliphatic heterocycles. The summed E-state index contributed by atoms with van der Waals surface area (Å²) in [6, 6.07) is 0.270. The number of carbonyl (C=O) groups excluding carboxylic acids is 1. The first-order chi connectivity index (χ1) is 5.06. The van der Waals surface area contributed by atoms with Crippen LogP contribution in [0.1, 0.15) is 40.5 Å². The van der Waals surface area contributed by atoms with Crippen LogP contribution in [0.5, 0.6) is 0 Å². The average molecular weight is 157 g/mol. The van der Waals surface area contributed by atoms with Gasteiger partial charge in [-0.3, -0.25) is 4.79 Å². The third-order valence-electron chi connectivity index (χ3n) is 1.68. The maximum Gasteiger partial charge on any atom is 0.220 e. The summed E-state index contributed by atoms with van der Waals surface area (Å²) in [7, 11) is 0. The summed E-state index contributed by atoms with van der Waals surface area (Å²) in [4.78, 5) is 11.1. The van der Waals surface area contributed by atoms with Gasteiger partial charge >= 0.3 is 0 Å². The zero-order valence-electron chi connectivity index (χ0n) is 7.98. The Morgan fingerprint density at radius 1 is 1.36 bits per heavy atom. The zero-order valence-corrected chi connectivity index (χ0v) is 7.98. The number of amides is 1. The van der Waals surface area contributed by atoms with E-state index in [0.717, 1.165) is 6.42 Å². The van der Waals surface area contributed by atoms with Crippen LogP contribution >= 0.6 is 0 Å². The van der Waals surface area contributed by atoms with E-state index in [2.05, 4.69) is 19.2 Å². The van der Waals surface area contributed by atoms with Crippen molar-refractivity contribution in [3.63, 3.8) is 0 Å². The molecule has 2 nitrogen and oxygen atoms in total. The first kappa shape index (κ1) is 10.5. The molecule has 11 heavy (non-hydrogen) atoms. The van der Waals surface area contributed by atoms with Crippen LogP contribution in [0.25, 0.3) is 0 Å². The summed E-state index contributed by atoms with van der Waals surface area (Å²) in [6.45, 7) is 8.16. The van der Waals surface area contributed by atoms with Crippen molar-refractivity contribution in [1.29, 1.82) is 0 Å². The molecule has 0 aromatic rings.